The minimum absolute atomic E-state index is 0.0453. The predicted octanol–water partition coefficient (Wildman–Crippen LogP) is 5.33. The molecular weight excluding hydrogens is 362 g/mol. The number of rotatable bonds is 3. The van der Waals surface area contributed by atoms with Crippen LogP contribution in [0.5, 0.6) is 0 Å². The summed E-state index contributed by atoms with van der Waals surface area (Å²) in [6.07, 6.45) is 0.153. The average Bonchev–Trinajstić information content (AvgIpc) is 2.75. The van der Waals surface area contributed by atoms with Gasteiger partial charge in [-0.25, -0.2) is 4.79 Å². The second-order valence-corrected chi connectivity index (χ2v) is 7.45. The molecule has 0 spiro atoms. The van der Waals surface area contributed by atoms with Crippen molar-refractivity contribution >= 4 is 17.6 Å². The summed E-state index contributed by atoms with van der Waals surface area (Å²) in [5.41, 5.74) is 3.90. The molecule has 0 saturated carbocycles. The molecule has 146 valence electrons. The van der Waals surface area contributed by atoms with Crippen molar-refractivity contribution in [3.63, 3.8) is 0 Å². The first kappa shape index (κ1) is 18.9. The minimum Gasteiger partial charge on any atom is -0.454 e. The second kappa shape index (κ2) is 7.92. The van der Waals surface area contributed by atoms with E-state index in [0.717, 1.165) is 16.8 Å². The summed E-state index contributed by atoms with van der Waals surface area (Å²) in [5, 5.41) is 0. The number of esters is 1. The monoisotopic (exact) mass is 385 g/mol. The lowest BCUT2D eigenvalue weighted by Crippen LogP contribution is -2.44. The Bertz CT molecular complexity index is 1030. The van der Waals surface area contributed by atoms with Gasteiger partial charge in [-0.2, -0.15) is 0 Å². The van der Waals surface area contributed by atoms with Gasteiger partial charge < -0.3 is 9.64 Å². The van der Waals surface area contributed by atoms with Gasteiger partial charge in [-0.05, 0) is 44.2 Å². The molecule has 4 heteroatoms. The van der Waals surface area contributed by atoms with Crippen molar-refractivity contribution in [2.45, 2.75) is 32.4 Å². The van der Waals surface area contributed by atoms with Crippen LogP contribution in [0.2, 0.25) is 0 Å². The summed E-state index contributed by atoms with van der Waals surface area (Å²) in [6, 6.07) is 24.1. The van der Waals surface area contributed by atoms with Crippen molar-refractivity contribution in [1.29, 1.82) is 0 Å². The van der Waals surface area contributed by atoms with E-state index in [9.17, 15) is 9.59 Å². The van der Waals surface area contributed by atoms with Gasteiger partial charge in [0.05, 0.1) is 11.3 Å². The molecule has 2 atom stereocenters. The van der Waals surface area contributed by atoms with E-state index in [1.165, 1.54) is 0 Å². The van der Waals surface area contributed by atoms with Gasteiger partial charge in [-0.15, -0.1) is 0 Å². The lowest BCUT2D eigenvalue weighted by atomic mass is 9.91. The normalized spacial score (nSPS) is 18.1. The van der Waals surface area contributed by atoms with Crippen LogP contribution in [0.1, 0.15) is 51.3 Å². The van der Waals surface area contributed by atoms with Gasteiger partial charge in [0.2, 0.25) is 0 Å². The maximum Gasteiger partial charge on any atom is 0.338 e. The second-order valence-electron chi connectivity index (χ2n) is 7.45. The lowest BCUT2D eigenvalue weighted by Gasteiger charge is -2.39. The molecule has 0 aromatic heterocycles. The first-order chi connectivity index (χ1) is 14.0. The van der Waals surface area contributed by atoms with Gasteiger partial charge in [0.1, 0.15) is 6.10 Å². The van der Waals surface area contributed by atoms with Gasteiger partial charge in [-0.3, -0.25) is 4.79 Å². The van der Waals surface area contributed by atoms with E-state index in [-0.39, 0.29) is 17.9 Å². The third kappa shape index (κ3) is 3.79. The fourth-order valence-corrected chi connectivity index (χ4v) is 3.84. The highest BCUT2D eigenvalue weighted by Crippen LogP contribution is 2.40. The van der Waals surface area contributed by atoms with Crippen LogP contribution in [0, 0.1) is 6.92 Å². The van der Waals surface area contributed by atoms with Gasteiger partial charge in [-0.1, -0.05) is 54.1 Å². The zero-order valence-corrected chi connectivity index (χ0v) is 16.5. The Kier molecular flexibility index (Phi) is 5.17. The Hall–Kier alpha value is -3.40. The largest absolute Gasteiger partial charge is 0.454 e. The standard InChI is InChI=1S/C25H23NO3/c1-17-13-14-22-21(15-17)23(29-25(28)20-11-7-4-8-12-20)16-18(2)26(22)24(27)19-9-5-3-6-10-19/h3-15,18,23H,16H2,1-2H3/t18-,23-/m1/s1. The van der Waals surface area contributed by atoms with Gasteiger partial charge in [0, 0.05) is 23.6 Å². The third-order valence-corrected chi connectivity index (χ3v) is 5.28. The molecule has 1 aliphatic heterocycles. The van der Waals surface area contributed by atoms with Gasteiger partial charge in [0.25, 0.3) is 5.91 Å². The quantitative estimate of drug-likeness (QED) is 0.572. The number of anilines is 1. The number of hydrogen-bond donors (Lipinski definition) is 0. The molecule has 0 radical (unpaired) electrons. The number of carbonyl (C=O) groups excluding carboxylic acids is 2. The molecule has 4 rings (SSSR count). The molecule has 1 heterocycles. The highest BCUT2D eigenvalue weighted by molar-refractivity contribution is 6.07. The van der Waals surface area contributed by atoms with Gasteiger partial charge >= 0.3 is 5.97 Å². The van der Waals surface area contributed by atoms with Crippen LogP contribution in [0.25, 0.3) is 0 Å². The fourth-order valence-electron chi connectivity index (χ4n) is 3.84. The van der Waals surface area contributed by atoms with Crippen molar-refractivity contribution in [1.82, 2.24) is 0 Å². The van der Waals surface area contributed by atoms with E-state index in [2.05, 4.69) is 0 Å². The van der Waals surface area contributed by atoms with Crippen molar-refractivity contribution < 1.29 is 14.3 Å². The smallest absolute Gasteiger partial charge is 0.338 e. The number of fused-ring (bicyclic) bond motifs is 1. The summed E-state index contributed by atoms with van der Waals surface area (Å²) >= 11 is 0. The Morgan fingerprint density at radius 1 is 0.897 bits per heavy atom. The number of aryl methyl sites for hydroxylation is 1. The molecule has 1 aliphatic rings. The first-order valence-electron chi connectivity index (χ1n) is 9.80. The maximum absolute atomic E-state index is 13.2. The highest BCUT2D eigenvalue weighted by atomic mass is 16.5. The van der Waals surface area contributed by atoms with Crippen molar-refractivity contribution in [2.24, 2.45) is 0 Å². The molecule has 0 unspecified atom stereocenters. The van der Waals surface area contributed by atoms with Crippen LogP contribution >= 0.6 is 0 Å². The Balaban J connectivity index is 1.69. The van der Waals surface area contributed by atoms with E-state index in [1.54, 1.807) is 12.1 Å². The fraction of sp³-hybridized carbons (Fsp3) is 0.200. The van der Waals surface area contributed by atoms with Crippen LogP contribution in [-0.2, 0) is 4.74 Å². The highest BCUT2D eigenvalue weighted by Gasteiger charge is 2.36. The number of benzene rings is 3. The first-order valence-corrected chi connectivity index (χ1v) is 9.80. The van der Waals surface area contributed by atoms with Crippen molar-refractivity contribution in [3.8, 4) is 0 Å². The topological polar surface area (TPSA) is 46.6 Å². The molecule has 3 aromatic carbocycles. The zero-order chi connectivity index (χ0) is 20.4. The number of nitrogens with zero attached hydrogens (tertiary/aromatic N) is 1. The average molecular weight is 385 g/mol. The molecule has 0 N–H and O–H groups in total. The summed E-state index contributed by atoms with van der Waals surface area (Å²) < 4.78 is 5.89. The van der Waals surface area contributed by atoms with Crippen molar-refractivity contribution in [3.05, 3.63) is 101 Å². The number of amides is 1. The minimum atomic E-state index is -0.396. The van der Waals surface area contributed by atoms with E-state index in [4.69, 9.17) is 4.74 Å². The number of hydrogen-bond acceptors (Lipinski definition) is 3. The predicted molar refractivity (Wildman–Crippen MR) is 113 cm³/mol. The van der Waals surface area contributed by atoms with Crippen molar-refractivity contribution in [2.75, 3.05) is 4.90 Å². The molecule has 0 fully saturated rings. The lowest BCUT2D eigenvalue weighted by molar-refractivity contribution is 0.0250. The molecule has 0 aliphatic carbocycles. The van der Waals surface area contributed by atoms with Crippen LogP contribution in [0.15, 0.2) is 78.9 Å². The molecule has 0 saturated heterocycles. The summed E-state index contributed by atoms with van der Waals surface area (Å²) in [7, 11) is 0. The van der Waals surface area contributed by atoms with E-state index in [0.29, 0.717) is 17.5 Å². The SMILES string of the molecule is Cc1ccc2c(c1)[C@H](OC(=O)c1ccccc1)C[C@@H](C)N2C(=O)c1ccccc1. The van der Waals surface area contributed by atoms with Crippen LogP contribution in [0.4, 0.5) is 5.69 Å². The summed E-state index contributed by atoms with van der Waals surface area (Å²) in [6.45, 7) is 3.99. The van der Waals surface area contributed by atoms with E-state index in [1.807, 2.05) is 85.5 Å². The van der Waals surface area contributed by atoms with Crippen LogP contribution < -0.4 is 4.90 Å². The van der Waals surface area contributed by atoms with Crippen LogP contribution in [0.3, 0.4) is 0 Å². The van der Waals surface area contributed by atoms with Gasteiger partial charge in [0.15, 0.2) is 0 Å². The number of ether oxygens (including phenoxy) is 1. The molecule has 4 nitrogen and oxygen atoms in total. The maximum atomic E-state index is 13.2. The third-order valence-electron chi connectivity index (χ3n) is 5.28. The molecule has 1 amide bonds. The summed E-state index contributed by atoms with van der Waals surface area (Å²) in [4.78, 5) is 27.7. The molecule has 0 bridgehead atoms. The zero-order valence-electron chi connectivity index (χ0n) is 16.5. The Labute approximate surface area is 170 Å². The van der Waals surface area contributed by atoms with Crippen LogP contribution in [-0.4, -0.2) is 17.9 Å². The molecular formula is C25H23NO3. The van der Waals surface area contributed by atoms with E-state index < -0.39 is 6.10 Å². The molecule has 29 heavy (non-hydrogen) atoms. The summed E-state index contributed by atoms with van der Waals surface area (Å²) in [5.74, 6) is -0.394. The molecule has 3 aromatic rings. The number of carbonyl (C=O) groups is 2. The van der Waals surface area contributed by atoms with E-state index >= 15 is 0 Å². The Morgan fingerprint density at radius 2 is 1.52 bits per heavy atom. The Morgan fingerprint density at radius 3 is 2.17 bits per heavy atom.